The minimum Gasteiger partial charge on any atom is -0.497 e. The van der Waals surface area contributed by atoms with E-state index in [0.717, 1.165) is 41.8 Å². The number of amides is 1. The molecule has 0 saturated carbocycles. The Hall–Kier alpha value is -3.13. The summed E-state index contributed by atoms with van der Waals surface area (Å²) in [6, 6.07) is 15.3. The molecule has 1 saturated heterocycles. The number of carbonyl (C=O) groups excluding carboxylic acids is 1. The number of hydrogen-bond acceptors (Lipinski definition) is 7. The van der Waals surface area contributed by atoms with Crippen LogP contribution in [0.4, 0.5) is 5.13 Å². The molecular weight excluding hydrogens is 412 g/mol. The molecule has 0 N–H and O–H groups in total. The molecule has 31 heavy (non-hydrogen) atoms. The summed E-state index contributed by atoms with van der Waals surface area (Å²) < 4.78 is 15.2. The Bertz CT molecular complexity index is 1040. The third-order valence-electron chi connectivity index (χ3n) is 5.34. The summed E-state index contributed by atoms with van der Waals surface area (Å²) in [6.45, 7) is 2.93. The molecule has 1 aromatic heterocycles. The van der Waals surface area contributed by atoms with Crippen molar-refractivity contribution in [3.05, 3.63) is 65.5 Å². The minimum atomic E-state index is 0.00952. The monoisotopic (exact) mass is 438 g/mol. The summed E-state index contributed by atoms with van der Waals surface area (Å²) in [5.41, 5.74) is 1.73. The number of carbonyl (C=O) groups is 1. The molecule has 0 atom stereocenters. The van der Waals surface area contributed by atoms with Crippen LogP contribution in [-0.4, -0.2) is 60.6 Å². The van der Waals surface area contributed by atoms with Crippen LogP contribution in [0.3, 0.4) is 0 Å². The van der Waals surface area contributed by atoms with E-state index in [9.17, 15) is 4.79 Å². The summed E-state index contributed by atoms with van der Waals surface area (Å²) in [4.78, 5) is 21.9. The number of anilines is 1. The van der Waals surface area contributed by atoms with Gasteiger partial charge in [0.1, 0.15) is 17.3 Å². The number of benzene rings is 2. The van der Waals surface area contributed by atoms with Crippen LogP contribution in [0.2, 0.25) is 0 Å². The van der Waals surface area contributed by atoms with Gasteiger partial charge in [-0.1, -0.05) is 24.3 Å². The van der Waals surface area contributed by atoms with Crippen molar-refractivity contribution in [1.29, 1.82) is 0 Å². The van der Waals surface area contributed by atoms with Crippen LogP contribution in [0.5, 0.6) is 11.5 Å². The lowest BCUT2D eigenvalue weighted by atomic mass is 10.1. The van der Waals surface area contributed by atoms with E-state index >= 15 is 0 Å². The molecule has 1 aliphatic heterocycles. The van der Waals surface area contributed by atoms with Crippen LogP contribution < -0.4 is 14.4 Å². The maximum atomic E-state index is 13.0. The molecule has 0 spiro atoms. The first-order chi connectivity index (χ1) is 15.2. The number of aromatic nitrogens is 2. The van der Waals surface area contributed by atoms with Crippen LogP contribution in [-0.2, 0) is 6.42 Å². The fourth-order valence-corrected chi connectivity index (χ4v) is 4.45. The first-order valence-electron chi connectivity index (χ1n) is 10.3. The molecule has 1 amide bonds. The van der Waals surface area contributed by atoms with Crippen molar-refractivity contribution in [2.45, 2.75) is 12.8 Å². The molecule has 1 aliphatic rings. The van der Waals surface area contributed by atoms with Crippen LogP contribution in [0.15, 0.2) is 48.5 Å². The van der Waals surface area contributed by atoms with Crippen molar-refractivity contribution in [3.63, 3.8) is 0 Å². The third-order valence-corrected chi connectivity index (χ3v) is 6.16. The Labute approximate surface area is 186 Å². The summed E-state index contributed by atoms with van der Waals surface area (Å²) in [7, 11) is 3.26. The molecule has 0 unspecified atom stereocenters. The molecule has 8 heteroatoms. The first-order valence-corrected chi connectivity index (χ1v) is 11.1. The van der Waals surface area contributed by atoms with Gasteiger partial charge >= 0.3 is 0 Å². The molecule has 7 nitrogen and oxygen atoms in total. The Morgan fingerprint density at radius 3 is 2.74 bits per heavy atom. The molecule has 2 heterocycles. The van der Waals surface area contributed by atoms with Crippen LogP contribution in [0, 0.1) is 0 Å². The predicted molar refractivity (Wildman–Crippen MR) is 121 cm³/mol. The fourth-order valence-electron chi connectivity index (χ4n) is 3.71. The van der Waals surface area contributed by atoms with Crippen LogP contribution >= 0.6 is 11.5 Å². The first kappa shape index (κ1) is 21.1. The number of rotatable bonds is 6. The molecule has 0 bridgehead atoms. The maximum Gasteiger partial charge on any atom is 0.257 e. The van der Waals surface area contributed by atoms with Gasteiger partial charge < -0.3 is 19.3 Å². The van der Waals surface area contributed by atoms with E-state index in [4.69, 9.17) is 14.5 Å². The van der Waals surface area contributed by atoms with E-state index < -0.39 is 0 Å². The molecule has 4 rings (SSSR count). The zero-order chi connectivity index (χ0) is 21.6. The van der Waals surface area contributed by atoms with Gasteiger partial charge in [0, 0.05) is 44.1 Å². The smallest absolute Gasteiger partial charge is 0.257 e. The second-order valence-corrected chi connectivity index (χ2v) is 8.08. The lowest BCUT2D eigenvalue weighted by Crippen LogP contribution is -2.35. The predicted octanol–water partition coefficient (Wildman–Crippen LogP) is 3.50. The van der Waals surface area contributed by atoms with Crippen LogP contribution in [0.25, 0.3) is 0 Å². The molecule has 2 aromatic carbocycles. The minimum absolute atomic E-state index is 0.00952. The van der Waals surface area contributed by atoms with Gasteiger partial charge in [0.2, 0.25) is 5.13 Å². The average Bonchev–Trinajstić information content (AvgIpc) is 3.13. The Kier molecular flexibility index (Phi) is 6.66. The highest BCUT2D eigenvalue weighted by Crippen LogP contribution is 2.24. The van der Waals surface area contributed by atoms with E-state index in [1.165, 1.54) is 11.5 Å². The van der Waals surface area contributed by atoms with Gasteiger partial charge in [-0.15, -0.1) is 0 Å². The highest BCUT2D eigenvalue weighted by Gasteiger charge is 2.24. The molecule has 1 fully saturated rings. The lowest BCUT2D eigenvalue weighted by Gasteiger charge is -2.22. The lowest BCUT2D eigenvalue weighted by molar-refractivity contribution is 0.0763. The van der Waals surface area contributed by atoms with E-state index in [-0.39, 0.29) is 5.91 Å². The Balaban J connectivity index is 1.40. The summed E-state index contributed by atoms with van der Waals surface area (Å²) in [6.07, 6.45) is 1.55. The fraction of sp³-hybridized carbons (Fsp3) is 0.348. The van der Waals surface area contributed by atoms with Crippen LogP contribution in [0.1, 0.15) is 28.2 Å². The summed E-state index contributed by atoms with van der Waals surface area (Å²) >= 11 is 1.42. The van der Waals surface area contributed by atoms with Crippen molar-refractivity contribution in [3.8, 4) is 11.5 Å². The Morgan fingerprint density at radius 2 is 1.90 bits per heavy atom. The molecular formula is C23H26N4O3S. The zero-order valence-corrected chi connectivity index (χ0v) is 18.6. The van der Waals surface area contributed by atoms with Crippen molar-refractivity contribution in [2.75, 3.05) is 45.3 Å². The quantitative estimate of drug-likeness (QED) is 0.587. The zero-order valence-electron chi connectivity index (χ0n) is 17.8. The second kappa shape index (κ2) is 9.78. The van der Waals surface area contributed by atoms with Gasteiger partial charge in [-0.2, -0.15) is 4.37 Å². The number of methoxy groups -OCH3 is 2. The van der Waals surface area contributed by atoms with Gasteiger partial charge in [-0.25, -0.2) is 4.98 Å². The van der Waals surface area contributed by atoms with Gasteiger partial charge in [-0.05, 0) is 36.2 Å². The largest absolute Gasteiger partial charge is 0.497 e. The number of ether oxygens (including phenoxy) is 2. The normalized spacial score (nSPS) is 14.3. The number of para-hydroxylation sites is 1. The van der Waals surface area contributed by atoms with Crippen molar-refractivity contribution in [1.82, 2.24) is 14.3 Å². The van der Waals surface area contributed by atoms with E-state index in [2.05, 4.69) is 15.3 Å². The second-order valence-electron chi connectivity index (χ2n) is 7.35. The third kappa shape index (κ3) is 4.96. The molecule has 162 valence electrons. The summed E-state index contributed by atoms with van der Waals surface area (Å²) in [5.74, 6) is 2.26. The summed E-state index contributed by atoms with van der Waals surface area (Å²) in [5, 5.41) is 0.907. The molecule has 3 aromatic rings. The molecule has 0 aliphatic carbocycles. The maximum absolute atomic E-state index is 13.0. The number of hydrogen-bond donors (Lipinski definition) is 0. The van der Waals surface area contributed by atoms with Crippen molar-refractivity contribution in [2.24, 2.45) is 0 Å². The standard InChI is InChI=1S/C23H26N4O3S/c1-29-18-8-5-7-17(15-18)16-21-24-23(31-25-21)27-12-6-11-26(13-14-27)22(28)19-9-3-4-10-20(19)30-2/h3-5,7-10,15H,6,11-14,16H2,1-2H3. The van der Waals surface area contributed by atoms with E-state index in [0.29, 0.717) is 30.8 Å². The van der Waals surface area contributed by atoms with E-state index in [1.54, 1.807) is 14.2 Å². The van der Waals surface area contributed by atoms with E-state index in [1.807, 2.05) is 47.4 Å². The Morgan fingerprint density at radius 1 is 1.03 bits per heavy atom. The highest BCUT2D eigenvalue weighted by molar-refractivity contribution is 7.09. The SMILES string of the molecule is COc1cccc(Cc2nsc(N3CCCN(C(=O)c4ccccc4OC)CC3)n2)c1. The van der Waals surface area contributed by atoms with Gasteiger partial charge in [0.15, 0.2) is 0 Å². The highest BCUT2D eigenvalue weighted by atomic mass is 32.1. The van der Waals surface area contributed by atoms with Crippen molar-refractivity contribution >= 4 is 22.6 Å². The van der Waals surface area contributed by atoms with Gasteiger partial charge in [-0.3, -0.25) is 4.79 Å². The van der Waals surface area contributed by atoms with Gasteiger partial charge in [0.25, 0.3) is 5.91 Å². The topological polar surface area (TPSA) is 67.8 Å². The van der Waals surface area contributed by atoms with Crippen molar-refractivity contribution < 1.29 is 14.3 Å². The number of nitrogens with zero attached hydrogens (tertiary/aromatic N) is 4. The molecule has 0 radical (unpaired) electrons. The van der Waals surface area contributed by atoms with Gasteiger partial charge in [0.05, 0.1) is 19.8 Å². The average molecular weight is 439 g/mol.